The molecule has 128 valence electrons. The Labute approximate surface area is 134 Å². The lowest BCUT2D eigenvalue weighted by molar-refractivity contribution is -0.173. The van der Waals surface area contributed by atoms with Gasteiger partial charge in [0.1, 0.15) is 5.75 Å². The molecule has 0 saturated carbocycles. The van der Waals surface area contributed by atoms with Gasteiger partial charge >= 0.3 is 12.1 Å². The Bertz CT molecular complexity index is 770. The van der Waals surface area contributed by atoms with Crippen molar-refractivity contribution in [3.8, 4) is 17.0 Å². The largest absolute Gasteiger partial charge is 0.497 e. The molecular weight excluding hydrogens is 327 g/mol. The van der Waals surface area contributed by atoms with Gasteiger partial charge < -0.3 is 10.1 Å². The third kappa shape index (κ3) is 4.34. The van der Waals surface area contributed by atoms with E-state index in [-0.39, 0.29) is 13.1 Å². The van der Waals surface area contributed by atoms with Crippen molar-refractivity contribution in [3.05, 3.63) is 46.8 Å². The van der Waals surface area contributed by atoms with E-state index in [1.165, 1.54) is 19.2 Å². The molecule has 0 atom stereocenters. The normalized spacial score (nSPS) is 11.2. The van der Waals surface area contributed by atoms with Gasteiger partial charge in [-0.2, -0.15) is 18.3 Å². The third-order valence-electron chi connectivity index (χ3n) is 3.12. The van der Waals surface area contributed by atoms with Crippen molar-refractivity contribution in [3.63, 3.8) is 0 Å². The molecule has 9 heteroatoms. The molecule has 0 aliphatic heterocycles. The molecule has 0 fully saturated rings. The van der Waals surface area contributed by atoms with E-state index in [0.29, 0.717) is 17.0 Å². The maximum absolute atomic E-state index is 12.1. The number of alkyl halides is 3. The first-order valence-corrected chi connectivity index (χ1v) is 6.89. The van der Waals surface area contributed by atoms with Gasteiger partial charge in [-0.1, -0.05) is 0 Å². The smallest absolute Gasteiger partial charge is 0.471 e. The van der Waals surface area contributed by atoms with E-state index in [2.05, 4.69) is 5.10 Å². The van der Waals surface area contributed by atoms with Crippen LogP contribution in [0.25, 0.3) is 11.3 Å². The number of carbonyl (C=O) groups is 1. The number of aromatic nitrogens is 2. The lowest BCUT2D eigenvalue weighted by Crippen LogP contribution is -2.39. The number of hydrogen-bond donors (Lipinski definition) is 1. The quantitative estimate of drug-likeness (QED) is 0.897. The van der Waals surface area contributed by atoms with Gasteiger partial charge in [-0.3, -0.25) is 9.59 Å². The fourth-order valence-corrected chi connectivity index (χ4v) is 1.90. The van der Waals surface area contributed by atoms with Crippen molar-refractivity contribution in [2.24, 2.45) is 0 Å². The number of rotatable bonds is 5. The van der Waals surface area contributed by atoms with Gasteiger partial charge in [0.2, 0.25) is 0 Å². The molecule has 0 radical (unpaired) electrons. The second-order valence-corrected chi connectivity index (χ2v) is 4.76. The first-order chi connectivity index (χ1) is 11.3. The van der Waals surface area contributed by atoms with Crippen LogP contribution in [0.15, 0.2) is 41.2 Å². The summed E-state index contributed by atoms with van der Waals surface area (Å²) in [6.45, 7) is -0.540. The van der Waals surface area contributed by atoms with Gasteiger partial charge in [-0.05, 0) is 30.3 Å². The molecule has 1 aromatic carbocycles. The second-order valence-electron chi connectivity index (χ2n) is 4.76. The topological polar surface area (TPSA) is 73.2 Å². The lowest BCUT2D eigenvalue weighted by Gasteiger charge is -2.10. The van der Waals surface area contributed by atoms with Crippen LogP contribution in [0.4, 0.5) is 13.2 Å². The van der Waals surface area contributed by atoms with Crippen molar-refractivity contribution < 1.29 is 22.7 Å². The van der Waals surface area contributed by atoms with Gasteiger partial charge in [-0.25, -0.2) is 4.68 Å². The lowest BCUT2D eigenvalue weighted by atomic mass is 10.1. The summed E-state index contributed by atoms with van der Waals surface area (Å²) < 4.78 is 42.3. The maximum atomic E-state index is 12.1. The first-order valence-electron chi connectivity index (χ1n) is 6.89. The first kappa shape index (κ1) is 17.5. The summed E-state index contributed by atoms with van der Waals surface area (Å²) in [5, 5.41) is 5.78. The summed E-state index contributed by atoms with van der Waals surface area (Å²) in [7, 11) is 1.53. The van der Waals surface area contributed by atoms with Crippen molar-refractivity contribution in [2.75, 3.05) is 13.7 Å². The van der Waals surface area contributed by atoms with E-state index in [1.807, 2.05) is 0 Å². The van der Waals surface area contributed by atoms with Crippen LogP contribution in [-0.4, -0.2) is 35.5 Å². The number of amides is 1. The minimum absolute atomic E-state index is 0.176. The van der Waals surface area contributed by atoms with Crippen molar-refractivity contribution in [1.82, 2.24) is 15.1 Å². The van der Waals surface area contributed by atoms with Crippen molar-refractivity contribution >= 4 is 5.91 Å². The molecule has 1 aromatic heterocycles. The molecule has 1 heterocycles. The molecule has 2 aromatic rings. The third-order valence-corrected chi connectivity index (χ3v) is 3.12. The highest BCUT2D eigenvalue weighted by Crippen LogP contribution is 2.19. The highest BCUT2D eigenvalue weighted by molar-refractivity contribution is 5.81. The van der Waals surface area contributed by atoms with Crippen LogP contribution in [0.1, 0.15) is 0 Å². The van der Waals surface area contributed by atoms with Crippen LogP contribution in [0, 0.1) is 0 Å². The zero-order chi connectivity index (χ0) is 17.7. The average molecular weight is 341 g/mol. The average Bonchev–Trinajstić information content (AvgIpc) is 2.55. The highest BCUT2D eigenvalue weighted by atomic mass is 19.4. The Morgan fingerprint density at radius 2 is 1.88 bits per heavy atom. The zero-order valence-corrected chi connectivity index (χ0v) is 12.6. The summed E-state index contributed by atoms with van der Waals surface area (Å²) in [6.07, 6.45) is -4.96. The number of carbonyl (C=O) groups excluding carboxylic acids is 1. The number of benzene rings is 1. The Hall–Kier alpha value is -2.84. The Balaban J connectivity index is 2.11. The zero-order valence-electron chi connectivity index (χ0n) is 12.6. The van der Waals surface area contributed by atoms with Gasteiger partial charge in [0.15, 0.2) is 0 Å². The Morgan fingerprint density at radius 1 is 1.21 bits per heavy atom. The number of ether oxygens (including phenoxy) is 1. The fraction of sp³-hybridized carbons (Fsp3) is 0.267. The predicted molar refractivity (Wildman–Crippen MR) is 79.5 cm³/mol. The summed E-state index contributed by atoms with van der Waals surface area (Å²) in [6, 6.07) is 9.68. The summed E-state index contributed by atoms with van der Waals surface area (Å²) in [5.41, 5.74) is 0.705. The molecule has 1 N–H and O–H groups in total. The highest BCUT2D eigenvalue weighted by Gasteiger charge is 2.38. The van der Waals surface area contributed by atoms with Crippen molar-refractivity contribution in [1.29, 1.82) is 0 Å². The van der Waals surface area contributed by atoms with Crippen LogP contribution in [0.5, 0.6) is 5.75 Å². The SMILES string of the molecule is COc1ccc(-c2ccc(=O)n(CCNC(=O)C(F)(F)F)n2)cc1. The van der Waals surface area contributed by atoms with E-state index in [4.69, 9.17) is 4.74 Å². The fourth-order valence-electron chi connectivity index (χ4n) is 1.90. The van der Waals surface area contributed by atoms with E-state index >= 15 is 0 Å². The van der Waals surface area contributed by atoms with Crippen LogP contribution in [-0.2, 0) is 11.3 Å². The molecule has 24 heavy (non-hydrogen) atoms. The summed E-state index contributed by atoms with van der Waals surface area (Å²) in [5.74, 6) is -1.40. The van der Waals surface area contributed by atoms with E-state index in [1.54, 1.807) is 29.6 Å². The standard InChI is InChI=1S/C15H14F3N3O3/c1-24-11-4-2-10(3-5-11)12-6-7-13(22)21(20-12)9-8-19-14(23)15(16,17)18/h2-7H,8-9H2,1H3,(H,19,23). The summed E-state index contributed by atoms with van der Waals surface area (Å²) >= 11 is 0. The Morgan fingerprint density at radius 3 is 2.46 bits per heavy atom. The number of nitrogens with one attached hydrogen (secondary N) is 1. The molecule has 0 unspecified atom stereocenters. The van der Waals surface area contributed by atoms with Gasteiger partial charge in [-0.15, -0.1) is 0 Å². The van der Waals surface area contributed by atoms with Crippen molar-refractivity contribution in [2.45, 2.75) is 12.7 Å². The number of halogens is 3. The molecule has 0 spiro atoms. The van der Waals surface area contributed by atoms with E-state index in [0.717, 1.165) is 4.68 Å². The molecule has 0 saturated heterocycles. The number of methoxy groups -OCH3 is 1. The monoisotopic (exact) mass is 341 g/mol. The minimum atomic E-state index is -4.96. The molecule has 1 amide bonds. The number of hydrogen-bond acceptors (Lipinski definition) is 4. The molecule has 0 bridgehead atoms. The van der Waals surface area contributed by atoms with E-state index < -0.39 is 17.6 Å². The minimum Gasteiger partial charge on any atom is -0.497 e. The molecule has 0 aliphatic rings. The van der Waals surface area contributed by atoms with E-state index in [9.17, 15) is 22.8 Å². The molecular formula is C15H14F3N3O3. The Kier molecular flexibility index (Phi) is 5.22. The van der Waals surface area contributed by atoms with Gasteiger partial charge in [0, 0.05) is 18.2 Å². The maximum Gasteiger partial charge on any atom is 0.471 e. The predicted octanol–water partition coefficient (Wildman–Crippen LogP) is 1.60. The summed E-state index contributed by atoms with van der Waals surface area (Å²) in [4.78, 5) is 22.5. The molecule has 6 nitrogen and oxygen atoms in total. The van der Waals surface area contributed by atoms with Gasteiger partial charge in [0.05, 0.1) is 19.3 Å². The van der Waals surface area contributed by atoms with Crippen LogP contribution < -0.4 is 15.6 Å². The second kappa shape index (κ2) is 7.16. The number of nitrogens with zero attached hydrogens (tertiary/aromatic N) is 2. The van der Waals surface area contributed by atoms with Gasteiger partial charge in [0.25, 0.3) is 5.56 Å². The van der Waals surface area contributed by atoms with Crippen LogP contribution in [0.3, 0.4) is 0 Å². The molecule has 0 aliphatic carbocycles. The molecule has 2 rings (SSSR count). The van der Waals surface area contributed by atoms with Crippen LogP contribution in [0.2, 0.25) is 0 Å². The van der Waals surface area contributed by atoms with Crippen LogP contribution >= 0.6 is 0 Å².